The van der Waals surface area contributed by atoms with E-state index in [0.29, 0.717) is 12.4 Å². The fourth-order valence-corrected chi connectivity index (χ4v) is 3.63. The van der Waals surface area contributed by atoms with E-state index in [1.54, 1.807) is 18.6 Å². The minimum atomic E-state index is 0.582. The zero-order valence-corrected chi connectivity index (χ0v) is 17.2. The molecule has 0 aliphatic carbocycles. The van der Waals surface area contributed by atoms with Crippen molar-refractivity contribution in [1.82, 2.24) is 19.9 Å². The maximum Gasteiger partial charge on any atom is 0.163 e. The number of nitrogens with one attached hydrogen (secondary N) is 1. The maximum absolute atomic E-state index is 4.87. The van der Waals surface area contributed by atoms with Gasteiger partial charge < -0.3 is 5.32 Å². The molecule has 0 unspecified atom stereocenters. The minimum Gasteiger partial charge on any atom is -0.364 e. The molecule has 0 aliphatic rings. The van der Waals surface area contributed by atoms with E-state index in [9.17, 15) is 0 Å². The Hall–Kier alpha value is -4.12. The Morgan fingerprint density at radius 2 is 1.71 bits per heavy atom. The van der Waals surface area contributed by atoms with Crippen molar-refractivity contribution < 1.29 is 0 Å². The summed E-state index contributed by atoms with van der Waals surface area (Å²) in [5.74, 6) is 1.43. The third kappa shape index (κ3) is 3.98. The molecule has 1 N–H and O–H groups in total. The van der Waals surface area contributed by atoms with Gasteiger partial charge in [-0.2, -0.15) is 0 Å². The third-order valence-corrected chi connectivity index (χ3v) is 5.24. The van der Waals surface area contributed by atoms with Crippen LogP contribution in [0.3, 0.4) is 0 Å². The van der Waals surface area contributed by atoms with Crippen molar-refractivity contribution in [2.24, 2.45) is 0 Å². The summed E-state index contributed by atoms with van der Waals surface area (Å²) in [4.78, 5) is 18.3. The summed E-state index contributed by atoms with van der Waals surface area (Å²) in [6.45, 7) is 2.71. The third-order valence-electron chi connectivity index (χ3n) is 5.24. The number of rotatable bonds is 5. The molecule has 5 nitrogen and oxygen atoms in total. The van der Waals surface area contributed by atoms with Crippen LogP contribution in [0.2, 0.25) is 0 Å². The van der Waals surface area contributed by atoms with E-state index >= 15 is 0 Å². The largest absolute Gasteiger partial charge is 0.364 e. The van der Waals surface area contributed by atoms with Crippen molar-refractivity contribution in [3.63, 3.8) is 0 Å². The summed E-state index contributed by atoms with van der Waals surface area (Å²) in [5.41, 5.74) is 6.29. The smallest absolute Gasteiger partial charge is 0.163 e. The van der Waals surface area contributed by atoms with Gasteiger partial charge >= 0.3 is 0 Å². The van der Waals surface area contributed by atoms with Crippen molar-refractivity contribution in [2.75, 3.05) is 5.32 Å². The highest BCUT2D eigenvalue weighted by molar-refractivity contribution is 5.93. The molecule has 0 aliphatic heterocycles. The normalized spacial score (nSPS) is 10.9. The summed E-state index contributed by atoms with van der Waals surface area (Å²) in [6, 6.07) is 24.5. The number of aryl methyl sites for hydroxylation is 1. The quantitative estimate of drug-likeness (QED) is 0.409. The van der Waals surface area contributed by atoms with Crippen LogP contribution in [0.15, 0.2) is 91.4 Å². The first-order valence-electron chi connectivity index (χ1n) is 10.2. The van der Waals surface area contributed by atoms with Gasteiger partial charge in [0, 0.05) is 29.5 Å². The van der Waals surface area contributed by atoms with Gasteiger partial charge in [-0.3, -0.25) is 9.97 Å². The van der Waals surface area contributed by atoms with E-state index in [0.717, 1.165) is 33.5 Å². The predicted octanol–water partition coefficient (Wildman–Crippen LogP) is 5.67. The van der Waals surface area contributed by atoms with Gasteiger partial charge in [0.25, 0.3) is 0 Å². The van der Waals surface area contributed by atoms with Crippen LogP contribution in [-0.2, 0) is 6.54 Å². The molecule has 3 aromatic heterocycles. The highest BCUT2D eigenvalue weighted by Gasteiger charge is 2.12. The lowest BCUT2D eigenvalue weighted by molar-refractivity contribution is 1.03. The topological polar surface area (TPSA) is 63.6 Å². The Morgan fingerprint density at radius 3 is 2.52 bits per heavy atom. The van der Waals surface area contributed by atoms with Gasteiger partial charge in [0.2, 0.25) is 0 Å². The van der Waals surface area contributed by atoms with E-state index in [1.807, 2.05) is 30.3 Å². The number of hydrogen-bond acceptors (Lipinski definition) is 5. The molecular formula is C26H21N5. The van der Waals surface area contributed by atoms with Crippen molar-refractivity contribution >= 4 is 16.7 Å². The summed E-state index contributed by atoms with van der Waals surface area (Å²) < 4.78 is 0. The first-order valence-corrected chi connectivity index (χ1v) is 10.2. The van der Waals surface area contributed by atoms with Crippen LogP contribution < -0.4 is 5.32 Å². The predicted molar refractivity (Wildman–Crippen MR) is 125 cm³/mol. The van der Waals surface area contributed by atoms with Crippen molar-refractivity contribution in [2.45, 2.75) is 13.5 Å². The SMILES string of the molecule is Cc1ccccc1-c1ccc2c(NCc3ccccn3)nc(-c3cccnc3)nc2c1. The number of fused-ring (bicyclic) bond motifs is 1. The minimum absolute atomic E-state index is 0.582. The highest BCUT2D eigenvalue weighted by Crippen LogP contribution is 2.30. The fraction of sp³-hybridized carbons (Fsp3) is 0.0769. The Labute approximate surface area is 180 Å². The molecule has 0 saturated heterocycles. The van der Waals surface area contributed by atoms with Gasteiger partial charge in [-0.15, -0.1) is 0 Å². The first-order chi connectivity index (χ1) is 15.3. The summed E-state index contributed by atoms with van der Waals surface area (Å²) in [7, 11) is 0. The van der Waals surface area contributed by atoms with E-state index in [-0.39, 0.29) is 0 Å². The van der Waals surface area contributed by atoms with Crippen LogP contribution in [-0.4, -0.2) is 19.9 Å². The second-order valence-corrected chi connectivity index (χ2v) is 7.36. The van der Waals surface area contributed by atoms with Crippen molar-refractivity contribution in [3.05, 3.63) is 103 Å². The van der Waals surface area contributed by atoms with E-state index < -0.39 is 0 Å². The zero-order valence-electron chi connectivity index (χ0n) is 17.2. The molecule has 0 spiro atoms. The lowest BCUT2D eigenvalue weighted by Gasteiger charge is -2.13. The molecule has 31 heavy (non-hydrogen) atoms. The summed E-state index contributed by atoms with van der Waals surface area (Å²) >= 11 is 0. The number of aromatic nitrogens is 4. The molecule has 0 amide bonds. The van der Waals surface area contributed by atoms with Gasteiger partial charge in [-0.25, -0.2) is 9.97 Å². The average molecular weight is 403 g/mol. The Morgan fingerprint density at radius 1 is 0.806 bits per heavy atom. The van der Waals surface area contributed by atoms with Crippen LogP contribution in [0.5, 0.6) is 0 Å². The summed E-state index contributed by atoms with van der Waals surface area (Å²) in [6.07, 6.45) is 5.33. The van der Waals surface area contributed by atoms with Crippen LogP contribution in [0, 0.1) is 6.92 Å². The summed E-state index contributed by atoms with van der Waals surface area (Å²) in [5, 5.41) is 4.42. The lowest BCUT2D eigenvalue weighted by Crippen LogP contribution is -2.05. The molecule has 0 fully saturated rings. The molecule has 2 aromatic carbocycles. The number of hydrogen-bond donors (Lipinski definition) is 1. The molecule has 5 heteroatoms. The van der Waals surface area contributed by atoms with Crippen LogP contribution in [0.25, 0.3) is 33.4 Å². The van der Waals surface area contributed by atoms with Gasteiger partial charge in [0.1, 0.15) is 5.82 Å². The van der Waals surface area contributed by atoms with E-state index in [4.69, 9.17) is 9.97 Å². The molecule has 150 valence electrons. The van der Waals surface area contributed by atoms with Crippen molar-refractivity contribution in [3.8, 4) is 22.5 Å². The molecule has 5 rings (SSSR count). The number of anilines is 1. The Kier molecular flexibility index (Phi) is 5.07. The number of nitrogens with zero attached hydrogens (tertiary/aromatic N) is 4. The lowest BCUT2D eigenvalue weighted by atomic mass is 9.99. The molecule has 5 aromatic rings. The number of pyridine rings is 2. The van der Waals surface area contributed by atoms with E-state index in [2.05, 4.69) is 64.7 Å². The van der Waals surface area contributed by atoms with Crippen molar-refractivity contribution in [1.29, 1.82) is 0 Å². The molecule has 3 heterocycles. The number of benzene rings is 2. The van der Waals surface area contributed by atoms with Gasteiger partial charge in [0.05, 0.1) is 17.8 Å². The molecule has 0 saturated carbocycles. The van der Waals surface area contributed by atoms with E-state index in [1.165, 1.54) is 11.1 Å². The zero-order chi connectivity index (χ0) is 21.0. The van der Waals surface area contributed by atoms with Crippen LogP contribution in [0.1, 0.15) is 11.3 Å². The Bertz CT molecular complexity index is 1330. The average Bonchev–Trinajstić information content (AvgIpc) is 2.83. The molecular weight excluding hydrogens is 382 g/mol. The monoisotopic (exact) mass is 403 g/mol. The Balaban J connectivity index is 1.62. The standard InChI is InChI=1S/C26H21N5/c1-18-7-2-3-10-22(18)19-11-12-23-24(15-19)30-25(20-8-6-13-27-16-20)31-26(23)29-17-21-9-4-5-14-28-21/h2-16H,17H2,1H3,(H,29,30,31). The van der Waals surface area contributed by atoms with Crippen LogP contribution >= 0.6 is 0 Å². The fourth-order valence-electron chi connectivity index (χ4n) is 3.63. The highest BCUT2D eigenvalue weighted by atomic mass is 15.0. The molecule has 0 bridgehead atoms. The maximum atomic E-state index is 4.87. The van der Waals surface area contributed by atoms with Gasteiger partial charge in [0.15, 0.2) is 5.82 Å². The first kappa shape index (κ1) is 18.9. The second-order valence-electron chi connectivity index (χ2n) is 7.36. The van der Waals surface area contributed by atoms with Gasteiger partial charge in [-0.05, 0) is 60.0 Å². The van der Waals surface area contributed by atoms with Gasteiger partial charge in [-0.1, -0.05) is 36.4 Å². The second kappa shape index (κ2) is 8.32. The van der Waals surface area contributed by atoms with Crippen LogP contribution in [0.4, 0.5) is 5.82 Å². The molecule has 0 atom stereocenters. The molecule has 0 radical (unpaired) electrons.